The third kappa shape index (κ3) is 3.75. The molecule has 0 spiro atoms. The number of thiazole rings is 1. The van der Waals surface area contributed by atoms with E-state index in [2.05, 4.69) is 25.3 Å². The van der Waals surface area contributed by atoms with Crippen molar-refractivity contribution < 1.29 is 4.79 Å². The van der Waals surface area contributed by atoms with Crippen LogP contribution in [-0.4, -0.2) is 25.8 Å². The number of aromatic nitrogens is 4. The summed E-state index contributed by atoms with van der Waals surface area (Å²) in [5.74, 6) is 0.614. The van der Waals surface area contributed by atoms with Gasteiger partial charge in [0.05, 0.1) is 18.4 Å². The molecule has 0 saturated carbocycles. The first-order valence-electron chi connectivity index (χ1n) is 7.21. The van der Waals surface area contributed by atoms with Crippen molar-refractivity contribution in [2.75, 3.05) is 0 Å². The van der Waals surface area contributed by atoms with Gasteiger partial charge in [-0.3, -0.25) is 9.78 Å². The molecule has 0 aliphatic rings. The smallest absolute Gasteiger partial charge is 0.263 e. The molecular weight excluding hydrogens is 310 g/mol. The van der Waals surface area contributed by atoms with Crippen LogP contribution in [-0.2, 0) is 13.0 Å². The molecule has 0 aliphatic carbocycles. The van der Waals surface area contributed by atoms with Gasteiger partial charge in [0, 0.05) is 30.6 Å². The van der Waals surface area contributed by atoms with Crippen LogP contribution in [0.3, 0.4) is 0 Å². The zero-order chi connectivity index (χ0) is 16.1. The fourth-order valence-corrected chi connectivity index (χ4v) is 2.79. The van der Waals surface area contributed by atoms with Crippen LogP contribution in [0.1, 0.15) is 28.1 Å². The maximum absolute atomic E-state index is 12.2. The third-order valence-corrected chi connectivity index (χ3v) is 4.19. The summed E-state index contributed by atoms with van der Waals surface area (Å²) in [6.07, 6.45) is 7.50. The Kier molecular flexibility index (Phi) is 4.68. The maximum atomic E-state index is 12.2. The van der Waals surface area contributed by atoms with Crippen LogP contribution in [0.25, 0.3) is 10.6 Å². The molecule has 0 saturated heterocycles. The second-order valence-electron chi connectivity index (χ2n) is 4.77. The molecule has 1 N–H and O–H groups in total. The first kappa shape index (κ1) is 15.2. The van der Waals surface area contributed by atoms with E-state index < -0.39 is 0 Å². The van der Waals surface area contributed by atoms with Crippen molar-refractivity contribution in [3.05, 3.63) is 59.4 Å². The van der Waals surface area contributed by atoms with Crippen molar-refractivity contribution >= 4 is 17.2 Å². The topological polar surface area (TPSA) is 80.7 Å². The molecule has 0 aromatic carbocycles. The number of aryl methyl sites for hydroxylation is 1. The lowest BCUT2D eigenvalue weighted by Gasteiger charge is -2.04. The largest absolute Gasteiger partial charge is 0.346 e. The Bertz CT molecular complexity index is 803. The zero-order valence-electron chi connectivity index (χ0n) is 12.6. The van der Waals surface area contributed by atoms with Gasteiger partial charge in [0.1, 0.15) is 15.7 Å². The van der Waals surface area contributed by atoms with E-state index in [0.717, 1.165) is 28.5 Å². The normalized spacial score (nSPS) is 10.5. The number of pyridine rings is 1. The van der Waals surface area contributed by atoms with Crippen LogP contribution >= 0.6 is 11.3 Å². The lowest BCUT2D eigenvalue weighted by atomic mass is 10.3. The molecule has 116 valence electrons. The van der Waals surface area contributed by atoms with Crippen LogP contribution in [0.4, 0.5) is 0 Å². The summed E-state index contributed by atoms with van der Waals surface area (Å²) in [6.45, 7) is 2.36. The second-order valence-corrected chi connectivity index (χ2v) is 5.80. The molecule has 0 radical (unpaired) electrons. The van der Waals surface area contributed by atoms with Gasteiger partial charge in [-0.15, -0.1) is 11.3 Å². The number of nitrogens with zero attached hydrogens (tertiary/aromatic N) is 4. The third-order valence-electron chi connectivity index (χ3n) is 3.15. The van der Waals surface area contributed by atoms with Crippen molar-refractivity contribution in [3.63, 3.8) is 0 Å². The molecule has 0 bridgehead atoms. The van der Waals surface area contributed by atoms with E-state index in [-0.39, 0.29) is 5.91 Å². The standard InChI is InChI=1S/C16H15N5OS/c1-2-14-18-7-5-12(21-14)9-19-15(22)13-10-20-16(23-13)11-4-3-6-17-8-11/h3-8,10H,2,9H2,1H3,(H,19,22). The fourth-order valence-electron chi connectivity index (χ4n) is 1.97. The summed E-state index contributed by atoms with van der Waals surface area (Å²) in [5, 5.41) is 3.63. The van der Waals surface area contributed by atoms with Crippen LogP contribution in [0.5, 0.6) is 0 Å². The summed E-state index contributed by atoms with van der Waals surface area (Å²) in [6, 6.07) is 5.56. The molecule has 3 heterocycles. The van der Waals surface area contributed by atoms with E-state index in [4.69, 9.17) is 0 Å². The van der Waals surface area contributed by atoms with Crippen LogP contribution in [0, 0.1) is 0 Å². The SMILES string of the molecule is CCc1nccc(CNC(=O)c2cnc(-c3cccnc3)s2)n1. The van der Waals surface area contributed by atoms with Gasteiger partial charge in [0.15, 0.2) is 0 Å². The molecule has 0 atom stereocenters. The van der Waals surface area contributed by atoms with Crippen molar-refractivity contribution in [3.8, 4) is 10.6 Å². The summed E-state index contributed by atoms with van der Waals surface area (Å²) in [4.78, 5) is 29.6. The molecule has 3 rings (SSSR count). The monoisotopic (exact) mass is 325 g/mol. The Morgan fingerprint density at radius 1 is 1.22 bits per heavy atom. The first-order chi connectivity index (χ1) is 11.3. The number of carbonyl (C=O) groups is 1. The van der Waals surface area contributed by atoms with Crippen molar-refractivity contribution in [1.29, 1.82) is 0 Å². The highest BCUT2D eigenvalue weighted by atomic mass is 32.1. The predicted octanol–water partition coefficient (Wildman–Crippen LogP) is 2.49. The minimum Gasteiger partial charge on any atom is -0.346 e. The number of hydrogen-bond acceptors (Lipinski definition) is 6. The Morgan fingerprint density at radius 2 is 2.13 bits per heavy atom. The van der Waals surface area contributed by atoms with Crippen molar-refractivity contribution in [2.45, 2.75) is 19.9 Å². The van der Waals surface area contributed by atoms with E-state index in [0.29, 0.717) is 11.4 Å². The number of amides is 1. The Labute approximate surface area is 137 Å². The van der Waals surface area contributed by atoms with Gasteiger partial charge in [-0.1, -0.05) is 6.92 Å². The van der Waals surface area contributed by atoms with Gasteiger partial charge in [0.25, 0.3) is 5.91 Å². The summed E-state index contributed by atoms with van der Waals surface area (Å²) >= 11 is 1.34. The molecule has 3 aromatic rings. The highest BCUT2D eigenvalue weighted by Crippen LogP contribution is 2.24. The maximum Gasteiger partial charge on any atom is 0.263 e. The Hall–Kier alpha value is -2.67. The highest BCUT2D eigenvalue weighted by molar-refractivity contribution is 7.16. The van der Waals surface area contributed by atoms with E-state index in [1.807, 2.05) is 19.1 Å². The van der Waals surface area contributed by atoms with Crippen molar-refractivity contribution in [1.82, 2.24) is 25.3 Å². The number of nitrogens with one attached hydrogen (secondary N) is 1. The molecule has 7 heteroatoms. The van der Waals surface area contributed by atoms with Gasteiger partial charge in [-0.05, 0) is 18.2 Å². The van der Waals surface area contributed by atoms with Gasteiger partial charge < -0.3 is 5.32 Å². The molecule has 0 aliphatic heterocycles. The van der Waals surface area contributed by atoms with E-state index in [1.54, 1.807) is 30.9 Å². The second kappa shape index (κ2) is 7.06. The van der Waals surface area contributed by atoms with Gasteiger partial charge in [0.2, 0.25) is 0 Å². The molecule has 23 heavy (non-hydrogen) atoms. The quantitative estimate of drug-likeness (QED) is 0.779. The summed E-state index contributed by atoms with van der Waals surface area (Å²) in [5.41, 5.74) is 1.70. The fraction of sp³-hybridized carbons (Fsp3) is 0.188. The minimum atomic E-state index is -0.158. The zero-order valence-corrected chi connectivity index (χ0v) is 13.4. The van der Waals surface area contributed by atoms with E-state index in [9.17, 15) is 4.79 Å². The van der Waals surface area contributed by atoms with Crippen LogP contribution in [0.2, 0.25) is 0 Å². The number of hydrogen-bond donors (Lipinski definition) is 1. The molecule has 3 aromatic heterocycles. The van der Waals surface area contributed by atoms with Gasteiger partial charge >= 0.3 is 0 Å². The van der Waals surface area contributed by atoms with Crippen molar-refractivity contribution in [2.24, 2.45) is 0 Å². The van der Waals surface area contributed by atoms with E-state index in [1.165, 1.54) is 11.3 Å². The number of carbonyl (C=O) groups excluding carboxylic acids is 1. The Morgan fingerprint density at radius 3 is 2.91 bits per heavy atom. The first-order valence-corrected chi connectivity index (χ1v) is 8.03. The van der Waals surface area contributed by atoms with E-state index >= 15 is 0 Å². The average Bonchev–Trinajstić information content (AvgIpc) is 3.11. The average molecular weight is 325 g/mol. The lowest BCUT2D eigenvalue weighted by Crippen LogP contribution is -2.22. The number of rotatable bonds is 5. The summed E-state index contributed by atoms with van der Waals surface area (Å²) in [7, 11) is 0. The highest BCUT2D eigenvalue weighted by Gasteiger charge is 2.12. The minimum absolute atomic E-state index is 0.158. The van der Waals surface area contributed by atoms with Crippen LogP contribution < -0.4 is 5.32 Å². The van der Waals surface area contributed by atoms with Gasteiger partial charge in [-0.25, -0.2) is 15.0 Å². The predicted molar refractivity (Wildman–Crippen MR) is 87.9 cm³/mol. The van der Waals surface area contributed by atoms with Crippen LogP contribution in [0.15, 0.2) is 43.0 Å². The lowest BCUT2D eigenvalue weighted by molar-refractivity contribution is 0.0954. The molecular formula is C16H15N5OS. The molecule has 0 fully saturated rings. The molecule has 1 amide bonds. The summed E-state index contributed by atoms with van der Waals surface area (Å²) < 4.78 is 0. The Balaban J connectivity index is 1.66. The molecule has 0 unspecified atom stereocenters. The van der Waals surface area contributed by atoms with Gasteiger partial charge in [-0.2, -0.15) is 0 Å². The molecule has 6 nitrogen and oxygen atoms in total.